The molecule has 0 aliphatic rings. The Morgan fingerprint density at radius 3 is 2.13 bits per heavy atom. The highest BCUT2D eigenvalue weighted by atomic mass is 16.7. The van der Waals surface area contributed by atoms with Crippen LogP contribution >= 0.6 is 0 Å². The predicted octanol–water partition coefficient (Wildman–Crippen LogP) is 8.81. The van der Waals surface area contributed by atoms with Gasteiger partial charge in [0.05, 0.1) is 11.7 Å². The summed E-state index contributed by atoms with van der Waals surface area (Å²) in [5, 5.41) is 9.83. The summed E-state index contributed by atoms with van der Waals surface area (Å²) in [6.45, 7) is 23.7. The minimum absolute atomic E-state index is 0.139. The number of ether oxygens (including phenoxy) is 3. The molecular formula is C34H62O5. The maximum atomic E-state index is 11.6. The van der Waals surface area contributed by atoms with Crippen LogP contribution in [0.3, 0.4) is 0 Å². The Kier molecular flexibility index (Phi) is 18.1. The highest BCUT2D eigenvalue weighted by Crippen LogP contribution is 2.43. The van der Waals surface area contributed by atoms with Crippen molar-refractivity contribution in [1.29, 1.82) is 0 Å². The van der Waals surface area contributed by atoms with Crippen LogP contribution in [0.4, 0.5) is 0 Å². The van der Waals surface area contributed by atoms with E-state index < -0.39 is 6.10 Å². The van der Waals surface area contributed by atoms with Gasteiger partial charge >= 0.3 is 5.97 Å². The van der Waals surface area contributed by atoms with E-state index in [9.17, 15) is 9.90 Å². The van der Waals surface area contributed by atoms with Gasteiger partial charge in [-0.05, 0) is 64.2 Å². The van der Waals surface area contributed by atoms with Crippen molar-refractivity contribution < 1.29 is 24.1 Å². The number of aliphatic hydroxyl groups excluding tert-OH is 1. The van der Waals surface area contributed by atoms with Gasteiger partial charge < -0.3 is 19.3 Å². The first-order valence-electron chi connectivity index (χ1n) is 15.1. The van der Waals surface area contributed by atoms with Crippen molar-refractivity contribution in [3.8, 4) is 0 Å². The van der Waals surface area contributed by atoms with E-state index in [0.717, 1.165) is 37.7 Å². The number of hydrogen-bond donors (Lipinski definition) is 1. The summed E-state index contributed by atoms with van der Waals surface area (Å²) in [5.74, 6) is 0.912. The van der Waals surface area contributed by atoms with E-state index in [1.54, 1.807) is 14.0 Å². The quantitative estimate of drug-likeness (QED) is 0.0710. The van der Waals surface area contributed by atoms with Gasteiger partial charge in [-0.2, -0.15) is 0 Å². The average molecular weight is 551 g/mol. The Labute approximate surface area is 241 Å². The fraction of sp³-hybridized carbons (Fsp3) is 0.794. The first-order chi connectivity index (χ1) is 18.1. The largest absolute Gasteiger partial charge is 0.462 e. The van der Waals surface area contributed by atoms with E-state index in [0.29, 0.717) is 31.5 Å². The van der Waals surface area contributed by atoms with Gasteiger partial charge in [-0.1, -0.05) is 89.8 Å². The summed E-state index contributed by atoms with van der Waals surface area (Å²) < 4.78 is 16.5. The second-order valence-electron chi connectivity index (χ2n) is 12.9. The molecule has 39 heavy (non-hydrogen) atoms. The molecule has 0 aromatic rings. The summed E-state index contributed by atoms with van der Waals surface area (Å²) in [4.78, 5) is 11.6. The standard InChI is InChI=1S/C34H62O5/c1-13-15-30(20-18-25(3)21-31(22-28(6)35)39-29(7)36)32(16-14-2)33(8,9)23-26(4)17-19-27(5)34(10,11)38-24-37-12/h17-20,26-28,31-32,35H,13-16,21-24H2,1-12H3/b19-17+,25-18+,30-20+/t26-,27+,28-,31-,32+/m1/s1. The van der Waals surface area contributed by atoms with Crippen molar-refractivity contribution in [2.75, 3.05) is 13.9 Å². The van der Waals surface area contributed by atoms with Crippen LogP contribution in [0.1, 0.15) is 121 Å². The number of rotatable bonds is 20. The van der Waals surface area contributed by atoms with Crippen LogP contribution in [0.15, 0.2) is 35.5 Å². The van der Waals surface area contributed by atoms with E-state index in [1.807, 2.05) is 0 Å². The maximum absolute atomic E-state index is 11.6. The molecule has 1 N–H and O–H groups in total. The molecule has 5 heteroatoms. The van der Waals surface area contributed by atoms with Gasteiger partial charge in [0.15, 0.2) is 0 Å². The summed E-state index contributed by atoms with van der Waals surface area (Å²) in [5.41, 5.74) is 2.52. The summed E-state index contributed by atoms with van der Waals surface area (Å²) in [6.07, 6.45) is 15.0. The second kappa shape index (κ2) is 18.8. The van der Waals surface area contributed by atoms with Crippen LogP contribution in [0, 0.1) is 23.2 Å². The Bertz CT molecular complexity index is 774. The average Bonchev–Trinajstić information content (AvgIpc) is 2.81. The van der Waals surface area contributed by atoms with Gasteiger partial charge in [-0.15, -0.1) is 0 Å². The lowest BCUT2D eigenvalue weighted by atomic mass is 9.67. The highest BCUT2D eigenvalue weighted by molar-refractivity contribution is 5.66. The molecule has 0 unspecified atom stereocenters. The number of carbonyl (C=O) groups is 1. The Morgan fingerprint density at radius 2 is 1.62 bits per heavy atom. The zero-order valence-corrected chi connectivity index (χ0v) is 27.4. The molecule has 0 aromatic carbocycles. The fourth-order valence-corrected chi connectivity index (χ4v) is 5.46. The third kappa shape index (κ3) is 15.8. The molecule has 0 radical (unpaired) electrons. The van der Waals surface area contributed by atoms with E-state index in [-0.39, 0.29) is 29.0 Å². The van der Waals surface area contributed by atoms with Crippen LogP contribution in [-0.2, 0) is 19.0 Å². The summed E-state index contributed by atoms with van der Waals surface area (Å²) in [7, 11) is 1.66. The minimum Gasteiger partial charge on any atom is -0.462 e. The predicted molar refractivity (Wildman–Crippen MR) is 165 cm³/mol. The van der Waals surface area contributed by atoms with Crippen LogP contribution in [0.2, 0.25) is 0 Å². The molecule has 0 aromatic heterocycles. The highest BCUT2D eigenvalue weighted by Gasteiger charge is 2.32. The van der Waals surface area contributed by atoms with Crippen molar-refractivity contribution in [2.45, 2.75) is 139 Å². The first kappa shape index (κ1) is 37.6. The number of aliphatic hydroxyl groups is 1. The molecular weight excluding hydrogens is 488 g/mol. The van der Waals surface area contributed by atoms with E-state index in [4.69, 9.17) is 14.2 Å². The molecule has 0 rings (SSSR count). The van der Waals surface area contributed by atoms with Crippen molar-refractivity contribution in [1.82, 2.24) is 0 Å². The molecule has 228 valence electrons. The van der Waals surface area contributed by atoms with Gasteiger partial charge in [0.1, 0.15) is 12.9 Å². The van der Waals surface area contributed by atoms with Gasteiger partial charge in [0.2, 0.25) is 0 Å². The number of hydrogen-bond acceptors (Lipinski definition) is 5. The molecule has 0 amide bonds. The van der Waals surface area contributed by atoms with E-state index in [2.05, 4.69) is 86.6 Å². The monoisotopic (exact) mass is 550 g/mol. The fourth-order valence-electron chi connectivity index (χ4n) is 5.46. The number of carbonyl (C=O) groups excluding carboxylic acids is 1. The maximum Gasteiger partial charge on any atom is 0.302 e. The van der Waals surface area contributed by atoms with Crippen LogP contribution in [-0.4, -0.2) is 42.8 Å². The molecule has 0 spiro atoms. The summed E-state index contributed by atoms with van der Waals surface area (Å²) in [6, 6.07) is 0. The lowest BCUT2D eigenvalue weighted by molar-refractivity contribution is -0.147. The van der Waals surface area contributed by atoms with Crippen molar-refractivity contribution in [3.05, 3.63) is 35.5 Å². The van der Waals surface area contributed by atoms with E-state index >= 15 is 0 Å². The molecule has 5 atom stereocenters. The lowest BCUT2D eigenvalue weighted by Gasteiger charge is -2.38. The Balaban J connectivity index is 5.77. The first-order valence-corrected chi connectivity index (χ1v) is 15.1. The molecule has 0 saturated carbocycles. The van der Waals surface area contributed by atoms with Crippen LogP contribution in [0.5, 0.6) is 0 Å². The lowest BCUT2D eigenvalue weighted by Crippen LogP contribution is -2.32. The zero-order chi connectivity index (χ0) is 30.2. The number of esters is 1. The van der Waals surface area contributed by atoms with Gasteiger partial charge in [0, 0.05) is 32.8 Å². The normalized spacial score (nSPS) is 17.7. The van der Waals surface area contributed by atoms with Crippen molar-refractivity contribution in [2.24, 2.45) is 23.2 Å². The molecule has 0 fully saturated rings. The Hall–Kier alpha value is -1.43. The number of methoxy groups -OCH3 is 1. The third-order valence-electron chi connectivity index (χ3n) is 7.80. The number of allylic oxidation sites excluding steroid dienone is 4. The van der Waals surface area contributed by atoms with E-state index in [1.165, 1.54) is 12.5 Å². The molecule has 0 saturated heterocycles. The van der Waals surface area contributed by atoms with Crippen molar-refractivity contribution in [3.63, 3.8) is 0 Å². The van der Waals surface area contributed by atoms with Gasteiger partial charge in [-0.3, -0.25) is 4.79 Å². The van der Waals surface area contributed by atoms with Gasteiger partial charge in [-0.25, -0.2) is 0 Å². The molecule has 0 aliphatic carbocycles. The van der Waals surface area contributed by atoms with Crippen LogP contribution in [0.25, 0.3) is 0 Å². The SMILES string of the molecule is CCC/C(=C\C=C(/C)C[C@H](C[C@@H](C)O)OC(C)=O)[C@H](CCC)C(C)(C)C[C@H](C)/C=C/[C@H](C)C(C)(C)OCOC. The topological polar surface area (TPSA) is 65.0 Å². The van der Waals surface area contributed by atoms with Crippen LogP contribution < -0.4 is 0 Å². The second-order valence-corrected chi connectivity index (χ2v) is 12.9. The molecule has 0 bridgehead atoms. The third-order valence-corrected chi connectivity index (χ3v) is 7.80. The minimum atomic E-state index is -0.508. The van der Waals surface area contributed by atoms with Crippen molar-refractivity contribution >= 4 is 5.97 Å². The smallest absolute Gasteiger partial charge is 0.302 e. The zero-order valence-electron chi connectivity index (χ0n) is 27.4. The van der Waals surface area contributed by atoms with Gasteiger partial charge in [0.25, 0.3) is 0 Å². The summed E-state index contributed by atoms with van der Waals surface area (Å²) >= 11 is 0. The molecule has 0 aliphatic heterocycles. The molecule has 5 nitrogen and oxygen atoms in total. The molecule has 0 heterocycles. The Morgan fingerprint density at radius 1 is 0.974 bits per heavy atom.